The maximum atomic E-state index is 3.85. The molecule has 3 rings (SSSR count). The molecule has 128 valence electrons. The summed E-state index contributed by atoms with van der Waals surface area (Å²) in [4.78, 5) is 2.72. The third-order valence-corrected chi connectivity index (χ3v) is 7.27. The third-order valence-electron chi connectivity index (χ3n) is 7.27. The molecule has 3 atom stereocenters. The topological polar surface area (TPSA) is 27.3 Å². The van der Waals surface area contributed by atoms with Crippen LogP contribution in [0.25, 0.3) is 0 Å². The van der Waals surface area contributed by atoms with Crippen LogP contribution in [0.1, 0.15) is 60.8 Å². The molecule has 3 unspecified atom stereocenters. The lowest BCUT2D eigenvalue weighted by Crippen LogP contribution is -2.70. The second-order valence-corrected chi connectivity index (χ2v) is 9.53. The summed E-state index contributed by atoms with van der Waals surface area (Å²) in [5.41, 5.74) is 0.748. The Morgan fingerprint density at radius 3 is 2.18 bits per heavy atom. The van der Waals surface area contributed by atoms with Gasteiger partial charge in [0.25, 0.3) is 0 Å². The first kappa shape index (κ1) is 16.7. The first-order valence-corrected chi connectivity index (χ1v) is 9.47. The van der Waals surface area contributed by atoms with Crippen LogP contribution in [0.4, 0.5) is 0 Å². The van der Waals surface area contributed by atoms with Gasteiger partial charge >= 0.3 is 0 Å². The average Bonchev–Trinajstić information content (AvgIpc) is 2.75. The second-order valence-electron chi connectivity index (χ2n) is 9.53. The van der Waals surface area contributed by atoms with E-state index in [0.29, 0.717) is 17.0 Å². The molecule has 0 bridgehead atoms. The van der Waals surface area contributed by atoms with E-state index in [1.807, 2.05) is 0 Å². The van der Waals surface area contributed by atoms with Gasteiger partial charge in [0, 0.05) is 36.8 Å². The first-order chi connectivity index (χ1) is 10.2. The number of rotatable bonds is 5. The van der Waals surface area contributed by atoms with Crippen molar-refractivity contribution in [1.29, 1.82) is 0 Å². The smallest absolute Gasteiger partial charge is 0.0306 e. The van der Waals surface area contributed by atoms with Gasteiger partial charge in [0.15, 0.2) is 0 Å². The number of likely N-dealkylation sites (tertiary alicyclic amines) is 1. The SMILES string of the molecule is CC(C)C1CC(C(C)(C)C2CN(C(C)(C)C3CCCN3)C2)N1. The molecule has 0 aliphatic carbocycles. The minimum Gasteiger partial charge on any atom is -0.312 e. The molecule has 3 nitrogen and oxygen atoms in total. The van der Waals surface area contributed by atoms with Crippen LogP contribution in [0.5, 0.6) is 0 Å². The maximum absolute atomic E-state index is 3.85. The van der Waals surface area contributed by atoms with E-state index < -0.39 is 0 Å². The lowest BCUT2D eigenvalue weighted by molar-refractivity contribution is -0.0840. The zero-order valence-electron chi connectivity index (χ0n) is 15.6. The Kier molecular flexibility index (Phi) is 4.37. The molecule has 2 N–H and O–H groups in total. The van der Waals surface area contributed by atoms with E-state index in [1.165, 1.54) is 38.9 Å². The summed E-state index contributed by atoms with van der Waals surface area (Å²) in [5, 5.41) is 7.56. The van der Waals surface area contributed by atoms with Crippen molar-refractivity contribution in [2.45, 2.75) is 84.5 Å². The summed E-state index contributed by atoms with van der Waals surface area (Å²) in [6.45, 7) is 18.3. The van der Waals surface area contributed by atoms with E-state index >= 15 is 0 Å². The van der Waals surface area contributed by atoms with Crippen LogP contribution in [0.2, 0.25) is 0 Å². The maximum Gasteiger partial charge on any atom is 0.0306 e. The lowest BCUT2D eigenvalue weighted by atomic mass is 9.63. The number of nitrogens with zero attached hydrogens (tertiary/aromatic N) is 1. The summed E-state index contributed by atoms with van der Waals surface area (Å²) >= 11 is 0. The van der Waals surface area contributed by atoms with Crippen LogP contribution in [0.3, 0.4) is 0 Å². The largest absolute Gasteiger partial charge is 0.312 e. The quantitative estimate of drug-likeness (QED) is 0.818. The molecular weight excluding hydrogens is 270 g/mol. The standard InChI is InChI=1S/C19H37N3/c1-13(2)15-10-17(21-15)18(3,4)14-11-22(12-14)19(5,6)16-8-7-9-20-16/h13-17,20-21H,7-12H2,1-6H3. The van der Waals surface area contributed by atoms with Gasteiger partial charge in [-0.15, -0.1) is 0 Å². The van der Waals surface area contributed by atoms with Crippen molar-refractivity contribution >= 4 is 0 Å². The summed E-state index contributed by atoms with van der Waals surface area (Å²) in [6.07, 6.45) is 4.06. The molecule has 3 aliphatic rings. The van der Waals surface area contributed by atoms with Gasteiger partial charge in [-0.2, -0.15) is 0 Å². The van der Waals surface area contributed by atoms with Crippen LogP contribution in [-0.2, 0) is 0 Å². The molecule has 3 fully saturated rings. The minimum atomic E-state index is 0.316. The first-order valence-electron chi connectivity index (χ1n) is 9.47. The van der Waals surface area contributed by atoms with Gasteiger partial charge in [-0.05, 0) is 56.9 Å². The van der Waals surface area contributed by atoms with Crippen LogP contribution in [-0.4, -0.2) is 48.2 Å². The average molecular weight is 308 g/mol. The molecule has 3 heterocycles. The van der Waals surface area contributed by atoms with Crippen molar-refractivity contribution in [3.63, 3.8) is 0 Å². The van der Waals surface area contributed by atoms with Crippen molar-refractivity contribution in [2.24, 2.45) is 17.3 Å². The highest BCUT2D eigenvalue weighted by molar-refractivity contribution is 5.08. The molecule has 0 radical (unpaired) electrons. The third kappa shape index (κ3) is 2.74. The fourth-order valence-corrected chi connectivity index (χ4v) is 4.68. The molecule has 3 heteroatoms. The fraction of sp³-hybridized carbons (Fsp3) is 1.00. The number of hydrogen-bond acceptors (Lipinski definition) is 3. The number of hydrogen-bond donors (Lipinski definition) is 2. The van der Waals surface area contributed by atoms with E-state index in [0.717, 1.165) is 23.9 Å². The van der Waals surface area contributed by atoms with Gasteiger partial charge in [-0.3, -0.25) is 4.90 Å². The van der Waals surface area contributed by atoms with Crippen LogP contribution < -0.4 is 10.6 Å². The van der Waals surface area contributed by atoms with E-state index in [4.69, 9.17) is 0 Å². The predicted molar refractivity (Wildman–Crippen MR) is 94.1 cm³/mol. The zero-order valence-corrected chi connectivity index (χ0v) is 15.6. The molecule has 3 aliphatic heterocycles. The van der Waals surface area contributed by atoms with E-state index in [9.17, 15) is 0 Å². The molecule has 0 aromatic rings. The molecular formula is C19H37N3. The van der Waals surface area contributed by atoms with Gasteiger partial charge in [0.1, 0.15) is 0 Å². The van der Waals surface area contributed by atoms with Crippen LogP contribution >= 0.6 is 0 Å². The Morgan fingerprint density at radius 1 is 1.05 bits per heavy atom. The minimum absolute atomic E-state index is 0.316. The highest BCUT2D eigenvalue weighted by atomic mass is 15.3. The molecule has 3 saturated heterocycles. The molecule has 22 heavy (non-hydrogen) atoms. The van der Waals surface area contributed by atoms with Crippen LogP contribution in [0, 0.1) is 17.3 Å². The van der Waals surface area contributed by atoms with Gasteiger partial charge in [-0.25, -0.2) is 0 Å². The number of nitrogens with one attached hydrogen (secondary N) is 2. The molecule has 0 aromatic heterocycles. The Labute approximate surface area is 137 Å². The van der Waals surface area contributed by atoms with Crippen molar-refractivity contribution in [3.8, 4) is 0 Å². The van der Waals surface area contributed by atoms with E-state index in [2.05, 4.69) is 57.1 Å². The van der Waals surface area contributed by atoms with Crippen molar-refractivity contribution in [3.05, 3.63) is 0 Å². The fourth-order valence-electron chi connectivity index (χ4n) is 4.68. The van der Waals surface area contributed by atoms with Crippen LogP contribution in [0.15, 0.2) is 0 Å². The predicted octanol–water partition coefficient (Wildman–Crippen LogP) is 2.86. The Hall–Kier alpha value is -0.120. The van der Waals surface area contributed by atoms with Gasteiger partial charge in [0.05, 0.1) is 0 Å². The van der Waals surface area contributed by atoms with E-state index in [1.54, 1.807) is 0 Å². The molecule has 0 amide bonds. The normalized spacial score (nSPS) is 34.8. The summed E-state index contributed by atoms with van der Waals surface area (Å²) in [5.74, 6) is 1.62. The highest BCUT2D eigenvalue weighted by Gasteiger charge is 2.51. The molecule has 0 saturated carbocycles. The molecule has 0 aromatic carbocycles. The Balaban J connectivity index is 1.52. The van der Waals surface area contributed by atoms with Crippen molar-refractivity contribution in [1.82, 2.24) is 15.5 Å². The Bertz CT molecular complexity index is 383. The summed E-state index contributed by atoms with van der Waals surface area (Å²) < 4.78 is 0. The zero-order chi connectivity index (χ0) is 16.1. The van der Waals surface area contributed by atoms with Crippen molar-refractivity contribution in [2.75, 3.05) is 19.6 Å². The second kappa shape index (κ2) is 5.75. The highest BCUT2D eigenvalue weighted by Crippen LogP contribution is 2.45. The summed E-state index contributed by atoms with van der Waals surface area (Å²) in [6, 6.07) is 2.16. The lowest BCUT2D eigenvalue weighted by Gasteiger charge is -2.60. The molecule has 0 spiro atoms. The van der Waals surface area contributed by atoms with Crippen molar-refractivity contribution < 1.29 is 0 Å². The van der Waals surface area contributed by atoms with E-state index in [-0.39, 0.29) is 0 Å². The van der Waals surface area contributed by atoms with Gasteiger partial charge in [-0.1, -0.05) is 27.7 Å². The van der Waals surface area contributed by atoms with Gasteiger partial charge in [0.2, 0.25) is 0 Å². The monoisotopic (exact) mass is 307 g/mol. The Morgan fingerprint density at radius 2 is 1.68 bits per heavy atom. The van der Waals surface area contributed by atoms with Gasteiger partial charge < -0.3 is 10.6 Å². The summed E-state index contributed by atoms with van der Waals surface area (Å²) in [7, 11) is 0.